The molecule has 1 atom stereocenters. The van der Waals surface area contributed by atoms with E-state index in [-0.39, 0.29) is 0 Å². The summed E-state index contributed by atoms with van der Waals surface area (Å²) in [7, 11) is 0. The predicted octanol–water partition coefficient (Wildman–Crippen LogP) is 3.78. The number of alkyl halides is 1. The molecule has 0 heterocycles. The van der Waals surface area contributed by atoms with E-state index >= 15 is 0 Å². The van der Waals surface area contributed by atoms with Crippen LogP contribution in [0.1, 0.15) is 45.4 Å². The maximum absolute atomic E-state index is 2.73. The zero-order valence-electron chi connectivity index (χ0n) is 7.28. The SMILES string of the molecule is CC1CCC2(I)CCC1CC2. The van der Waals surface area contributed by atoms with Gasteiger partial charge in [-0.3, -0.25) is 0 Å². The molecular formula is C10H17I. The Morgan fingerprint density at radius 1 is 1.09 bits per heavy atom. The van der Waals surface area contributed by atoms with Crippen LogP contribution in [0.5, 0.6) is 0 Å². The van der Waals surface area contributed by atoms with Crippen molar-refractivity contribution < 1.29 is 0 Å². The van der Waals surface area contributed by atoms with E-state index in [1.807, 2.05) is 0 Å². The molecule has 0 radical (unpaired) electrons. The quantitative estimate of drug-likeness (QED) is 0.461. The van der Waals surface area contributed by atoms with Crippen LogP contribution >= 0.6 is 22.6 Å². The number of halogens is 1. The van der Waals surface area contributed by atoms with Gasteiger partial charge >= 0.3 is 0 Å². The van der Waals surface area contributed by atoms with E-state index in [9.17, 15) is 0 Å². The molecule has 0 aromatic rings. The first-order chi connectivity index (χ1) is 5.20. The minimum Gasteiger partial charge on any atom is -0.0789 e. The lowest BCUT2D eigenvalue weighted by molar-refractivity contribution is 0.287. The van der Waals surface area contributed by atoms with Gasteiger partial charge in [-0.15, -0.1) is 0 Å². The first kappa shape index (κ1) is 8.33. The fraction of sp³-hybridized carbons (Fsp3) is 1.00. The second-order valence-electron chi connectivity index (χ2n) is 4.50. The highest BCUT2D eigenvalue weighted by molar-refractivity contribution is 14.1. The molecule has 64 valence electrons. The van der Waals surface area contributed by atoms with Crippen LogP contribution < -0.4 is 0 Å². The number of hydrogen-bond donors (Lipinski definition) is 0. The summed E-state index contributed by atoms with van der Waals surface area (Å²) in [4.78, 5) is 0. The molecule has 3 aliphatic carbocycles. The summed E-state index contributed by atoms with van der Waals surface area (Å²) in [6.07, 6.45) is 9.03. The van der Waals surface area contributed by atoms with Gasteiger partial charge in [0.1, 0.15) is 0 Å². The lowest BCUT2D eigenvalue weighted by atomic mass is 9.81. The second kappa shape index (κ2) is 2.90. The Labute approximate surface area is 83.3 Å². The van der Waals surface area contributed by atoms with Gasteiger partial charge < -0.3 is 0 Å². The highest BCUT2D eigenvalue weighted by atomic mass is 127. The zero-order valence-corrected chi connectivity index (χ0v) is 9.43. The van der Waals surface area contributed by atoms with Gasteiger partial charge in [0.15, 0.2) is 0 Å². The van der Waals surface area contributed by atoms with Crippen LogP contribution in [0.2, 0.25) is 0 Å². The van der Waals surface area contributed by atoms with Crippen molar-refractivity contribution in [2.24, 2.45) is 11.8 Å². The van der Waals surface area contributed by atoms with E-state index in [1.165, 1.54) is 38.5 Å². The van der Waals surface area contributed by atoms with Gasteiger partial charge in [0.05, 0.1) is 0 Å². The Hall–Kier alpha value is 0.730. The van der Waals surface area contributed by atoms with Crippen LogP contribution in [0.4, 0.5) is 0 Å². The fourth-order valence-corrected chi connectivity index (χ4v) is 3.63. The third-order valence-electron chi connectivity index (χ3n) is 3.78. The number of hydrogen-bond acceptors (Lipinski definition) is 0. The third kappa shape index (κ3) is 1.58. The van der Waals surface area contributed by atoms with Crippen molar-refractivity contribution >= 4 is 22.6 Å². The van der Waals surface area contributed by atoms with Crippen LogP contribution in [-0.2, 0) is 0 Å². The largest absolute Gasteiger partial charge is 0.0789 e. The summed E-state index contributed by atoms with van der Waals surface area (Å²) in [6.45, 7) is 2.46. The van der Waals surface area contributed by atoms with E-state index in [1.54, 1.807) is 0 Å². The van der Waals surface area contributed by atoms with E-state index in [2.05, 4.69) is 29.5 Å². The molecule has 3 saturated carbocycles. The normalized spacial score (nSPS) is 50.7. The second-order valence-corrected chi connectivity index (χ2v) is 6.79. The summed E-state index contributed by atoms with van der Waals surface area (Å²) in [5, 5.41) is 0. The van der Waals surface area contributed by atoms with Gasteiger partial charge in [-0.1, -0.05) is 29.5 Å². The molecule has 3 rings (SSSR count). The van der Waals surface area contributed by atoms with E-state index < -0.39 is 0 Å². The summed E-state index contributed by atoms with van der Waals surface area (Å²) >= 11 is 2.73. The fourth-order valence-electron chi connectivity index (χ4n) is 2.70. The number of rotatable bonds is 0. The van der Waals surface area contributed by atoms with Crippen molar-refractivity contribution in [3.8, 4) is 0 Å². The third-order valence-corrected chi connectivity index (χ3v) is 5.40. The Morgan fingerprint density at radius 2 is 1.64 bits per heavy atom. The van der Waals surface area contributed by atoms with Gasteiger partial charge in [-0.2, -0.15) is 0 Å². The van der Waals surface area contributed by atoms with Gasteiger partial charge in [0, 0.05) is 3.42 Å². The van der Waals surface area contributed by atoms with Gasteiger partial charge in [0.2, 0.25) is 0 Å². The Balaban J connectivity index is 2.14. The Bertz CT molecular complexity index is 145. The van der Waals surface area contributed by atoms with Crippen LogP contribution in [0, 0.1) is 11.8 Å². The van der Waals surface area contributed by atoms with Crippen molar-refractivity contribution in [1.29, 1.82) is 0 Å². The molecule has 0 saturated heterocycles. The van der Waals surface area contributed by atoms with Crippen molar-refractivity contribution in [2.75, 3.05) is 0 Å². The Morgan fingerprint density at radius 3 is 2.27 bits per heavy atom. The van der Waals surface area contributed by atoms with Crippen LogP contribution in [0.3, 0.4) is 0 Å². The molecule has 0 aliphatic heterocycles. The predicted molar refractivity (Wildman–Crippen MR) is 57.1 cm³/mol. The minimum atomic E-state index is 0.721. The molecule has 1 heteroatoms. The molecule has 3 aliphatic rings. The van der Waals surface area contributed by atoms with E-state index in [0.29, 0.717) is 0 Å². The molecule has 0 nitrogen and oxygen atoms in total. The highest BCUT2D eigenvalue weighted by Crippen LogP contribution is 2.49. The lowest BCUT2D eigenvalue weighted by Crippen LogP contribution is -2.24. The molecular weight excluding hydrogens is 247 g/mol. The molecule has 11 heavy (non-hydrogen) atoms. The average Bonchev–Trinajstić information content (AvgIpc) is 2.21. The smallest absolute Gasteiger partial charge is 0.0222 e. The first-order valence-corrected chi connectivity index (χ1v) is 5.96. The van der Waals surface area contributed by atoms with Crippen LogP contribution in [0.15, 0.2) is 0 Å². The van der Waals surface area contributed by atoms with Crippen LogP contribution in [-0.4, -0.2) is 3.42 Å². The molecule has 0 aromatic heterocycles. The molecule has 0 amide bonds. The minimum absolute atomic E-state index is 0.721. The van der Waals surface area contributed by atoms with E-state index in [0.717, 1.165) is 15.3 Å². The molecule has 0 N–H and O–H groups in total. The van der Waals surface area contributed by atoms with Gasteiger partial charge in [0.25, 0.3) is 0 Å². The van der Waals surface area contributed by atoms with Gasteiger partial charge in [-0.05, 0) is 50.4 Å². The summed E-state index contributed by atoms with van der Waals surface area (Å²) in [5.41, 5.74) is 0. The topological polar surface area (TPSA) is 0 Å². The van der Waals surface area contributed by atoms with Crippen LogP contribution in [0.25, 0.3) is 0 Å². The standard InChI is InChI=1S/C10H17I/c1-8-2-5-10(11)6-3-9(8)4-7-10/h8-9H,2-7H2,1H3. The molecule has 0 aromatic carbocycles. The Kier molecular flexibility index (Phi) is 2.19. The van der Waals surface area contributed by atoms with Crippen molar-refractivity contribution in [2.45, 2.75) is 48.9 Å². The maximum Gasteiger partial charge on any atom is 0.0222 e. The van der Waals surface area contributed by atoms with Gasteiger partial charge in [-0.25, -0.2) is 0 Å². The van der Waals surface area contributed by atoms with Crippen molar-refractivity contribution in [1.82, 2.24) is 0 Å². The zero-order chi connectivity index (χ0) is 7.90. The molecule has 3 fully saturated rings. The lowest BCUT2D eigenvalue weighted by Gasteiger charge is -2.31. The first-order valence-electron chi connectivity index (χ1n) is 4.89. The molecule has 1 unspecified atom stereocenters. The van der Waals surface area contributed by atoms with Crippen molar-refractivity contribution in [3.63, 3.8) is 0 Å². The summed E-state index contributed by atoms with van der Waals surface area (Å²) < 4.78 is 0.721. The monoisotopic (exact) mass is 264 g/mol. The van der Waals surface area contributed by atoms with E-state index in [4.69, 9.17) is 0 Å². The number of fused-ring (bicyclic) bond motifs is 4. The maximum atomic E-state index is 2.73. The molecule has 2 bridgehead atoms. The molecule has 0 spiro atoms. The highest BCUT2D eigenvalue weighted by Gasteiger charge is 2.38. The average molecular weight is 264 g/mol. The summed E-state index contributed by atoms with van der Waals surface area (Å²) in [5.74, 6) is 2.11. The summed E-state index contributed by atoms with van der Waals surface area (Å²) in [6, 6.07) is 0. The van der Waals surface area contributed by atoms with Crippen molar-refractivity contribution in [3.05, 3.63) is 0 Å².